The molecule has 0 unspecified atom stereocenters. The maximum absolute atomic E-state index is 11.7. The van der Waals surface area contributed by atoms with E-state index in [-0.39, 0.29) is 17.5 Å². The van der Waals surface area contributed by atoms with Crippen LogP contribution in [0.15, 0.2) is 18.3 Å². The molecule has 0 N–H and O–H groups in total. The normalized spacial score (nSPS) is 11.6. The summed E-state index contributed by atoms with van der Waals surface area (Å²) in [6.07, 6.45) is 1.98. The van der Waals surface area contributed by atoms with Gasteiger partial charge in [-0.2, -0.15) is 0 Å². The zero-order chi connectivity index (χ0) is 13.1. The third kappa shape index (κ3) is 4.17. The molecule has 0 amide bonds. The quantitative estimate of drug-likeness (QED) is 0.756. The maximum Gasteiger partial charge on any atom is 0.310 e. The minimum atomic E-state index is -0.196. The van der Waals surface area contributed by atoms with Crippen molar-refractivity contribution in [2.45, 2.75) is 52.6 Å². The standard InChI is InChI=1S/C14H21NO2/c1-10(2)17-12(16)9-11-7-6-8-15-13(11)14(3,4)5/h6-8,10H,9H2,1-5H3. The fourth-order valence-electron chi connectivity index (χ4n) is 1.72. The van der Waals surface area contributed by atoms with Crippen molar-refractivity contribution >= 4 is 5.97 Å². The van der Waals surface area contributed by atoms with E-state index in [2.05, 4.69) is 25.8 Å². The van der Waals surface area contributed by atoms with Gasteiger partial charge in [0.15, 0.2) is 0 Å². The molecule has 0 saturated carbocycles. The van der Waals surface area contributed by atoms with Crippen molar-refractivity contribution in [3.8, 4) is 0 Å². The van der Waals surface area contributed by atoms with Gasteiger partial charge < -0.3 is 4.74 Å². The molecule has 17 heavy (non-hydrogen) atoms. The molecular formula is C14H21NO2. The molecule has 0 spiro atoms. The van der Waals surface area contributed by atoms with Crippen molar-refractivity contribution in [2.24, 2.45) is 0 Å². The largest absolute Gasteiger partial charge is 0.463 e. The number of rotatable bonds is 3. The molecule has 1 rings (SSSR count). The molecule has 1 aromatic rings. The van der Waals surface area contributed by atoms with Gasteiger partial charge in [0.05, 0.1) is 12.5 Å². The minimum absolute atomic E-state index is 0.0608. The predicted octanol–water partition coefficient (Wildman–Crippen LogP) is 2.87. The van der Waals surface area contributed by atoms with E-state index in [0.29, 0.717) is 6.42 Å². The molecule has 0 fully saturated rings. The maximum atomic E-state index is 11.7. The lowest BCUT2D eigenvalue weighted by Crippen LogP contribution is -2.20. The van der Waals surface area contributed by atoms with Crippen molar-refractivity contribution in [1.82, 2.24) is 4.98 Å². The first-order chi connectivity index (χ1) is 7.80. The third-order valence-corrected chi connectivity index (χ3v) is 2.30. The Labute approximate surface area is 103 Å². The monoisotopic (exact) mass is 235 g/mol. The Hall–Kier alpha value is -1.38. The van der Waals surface area contributed by atoms with Gasteiger partial charge in [-0.05, 0) is 25.5 Å². The lowest BCUT2D eigenvalue weighted by molar-refractivity contribution is -0.146. The zero-order valence-electron chi connectivity index (χ0n) is 11.3. The van der Waals surface area contributed by atoms with Crippen molar-refractivity contribution in [3.63, 3.8) is 0 Å². The highest BCUT2D eigenvalue weighted by Gasteiger charge is 2.21. The van der Waals surface area contributed by atoms with Crippen LogP contribution in [-0.4, -0.2) is 17.1 Å². The first-order valence-electron chi connectivity index (χ1n) is 5.94. The molecule has 0 bridgehead atoms. The lowest BCUT2D eigenvalue weighted by Gasteiger charge is -2.21. The average Bonchev–Trinajstić information content (AvgIpc) is 2.15. The van der Waals surface area contributed by atoms with Gasteiger partial charge in [0, 0.05) is 17.3 Å². The van der Waals surface area contributed by atoms with E-state index < -0.39 is 0 Å². The number of carbonyl (C=O) groups is 1. The highest BCUT2D eigenvalue weighted by Crippen LogP contribution is 2.23. The van der Waals surface area contributed by atoms with Gasteiger partial charge in [0.25, 0.3) is 0 Å². The average molecular weight is 235 g/mol. The second-order valence-electron chi connectivity index (χ2n) is 5.48. The zero-order valence-corrected chi connectivity index (χ0v) is 11.3. The van der Waals surface area contributed by atoms with E-state index in [1.54, 1.807) is 6.20 Å². The summed E-state index contributed by atoms with van der Waals surface area (Å²) in [7, 11) is 0. The van der Waals surface area contributed by atoms with Crippen LogP contribution in [0, 0.1) is 0 Å². The van der Waals surface area contributed by atoms with Crippen molar-refractivity contribution in [3.05, 3.63) is 29.6 Å². The molecule has 3 heteroatoms. The summed E-state index contributed by atoms with van der Waals surface area (Å²) >= 11 is 0. The highest BCUT2D eigenvalue weighted by atomic mass is 16.5. The smallest absolute Gasteiger partial charge is 0.310 e. The van der Waals surface area contributed by atoms with Gasteiger partial charge in [-0.25, -0.2) is 0 Å². The Balaban J connectivity index is 2.88. The molecular weight excluding hydrogens is 214 g/mol. The Kier molecular flexibility index (Phi) is 4.27. The Bertz CT molecular complexity index is 391. The fourth-order valence-corrected chi connectivity index (χ4v) is 1.72. The first-order valence-corrected chi connectivity index (χ1v) is 5.94. The molecule has 1 aromatic heterocycles. The molecule has 0 saturated heterocycles. The molecule has 94 valence electrons. The number of hydrogen-bond acceptors (Lipinski definition) is 3. The predicted molar refractivity (Wildman–Crippen MR) is 67.9 cm³/mol. The van der Waals surface area contributed by atoms with Gasteiger partial charge in [-0.15, -0.1) is 0 Å². The van der Waals surface area contributed by atoms with Gasteiger partial charge in [0.2, 0.25) is 0 Å². The SMILES string of the molecule is CC(C)OC(=O)Cc1cccnc1C(C)(C)C. The Morgan fingerprint density at radius 1 is 1.41 bits per heavy atom. The summed E-state index contributed by atoms with van der Waals surface area (Å²) in [4.78, 5) is 16.0. The summed E-state index contributed by atoms with van der Waals surface area (Å²) < 4.78 is 5.16. The van der Waals surface area contributed by atoms with E-state index in [9.17, 15) is 4.79 Å². The molecule has 0 aliphatic carbocycles. The number of pyridine rings is 1. The topological polar surface area (TPSA) is 39.2 Å². The number of hydrogen-bond donors (Lipinski definition) is 0. The molecule has 0 aliphatic rings. The van der Waals surface area contributed by atoms with Crippen LogP contribution in [0.25, 0.3) is 0 Å². The van der Waals surface area contributed by atoms with Crippen LogP contribution < -0.4 is 0 Å². The van der Waals surface area contributed by atoms with Crippen molar-refractivity contribution in [2.75, 3.05) is 0 Å². The third-order valence-electron chi connectivity index (χ3n) is 2.30. The molecule has 3 nitrogen and oxygen atoms in total. The van der Waals surface area contributed by atoms with E-state index in [4.69, 9.17) is 4.74 Å². The van der Waals surface area contributed by atoms with Gasteiger partial charge >= 0.3 is 5.97 Å². The molecule has 0 atom stereocenters. The number of aromatic nitrogens is 1. The minimum Gasteiger partial charge on any atom is -0.463 e. The van der Waals surface area contributed by atoms with Crippen LogP contribution in [0.4, 0.5) is 0 Å². The summed E-state index contributed by atoms with van der Waals surface area (Å²) in [5, 5.41) is 0. The van der Waals surface area contributed by atoms with E-state index in [0.717, 1.165) is 11.3 Å². The summed E-state index contributed by atoms with van der Waals surface area (Å²) in [6, 6.07) is 3.79. The second kappa shape index (κ2) is 5.30. The number of carbonyl (C=O) groups excluding carboxylic acids is 1. The van der Waals surface area contributed by atoms with E-state index in [1.165, 1.54) is 0 Å². The number of ether oxygens (including phenoxy) is 1. The van der Waals surface area contributed by atoms with E-state index in [1.807, 2.05) is 26.0 Å². The van der Waals surface area contributed by atoms with Gasteiger partial charge in [-0.3, -0.25) is 9.78 Å². The molecule has 0 aliphatic heterocycles. The van der Waals surface area contributed by atoms with Crippen LogP contribution in [0.5, 0.6) is 0 Å². The number of nitrogens with zero attached hydrogens (tertiary/aromatic N) is 1. The Morgan fingerprint density at radius 2 is 2.06 bits per heavy atom. The fraction of sp³-hybridized carbons (Fsp3) is 0.571. The first kappa shape index (κ1) is 13.7. The van der Waals surface area contributed by atoms with Crippen LogP contribution in [0.2, 0.25) is 0 Å². The lowest BCUT2D eigenvalue weighted by atomic mass is 9.87. The summed E-state index contributed by atoms with van der Waals surface area (Å²) in [6.45, 7) is 9.98. The Morgan fingerprint density at radius 3 is 2.59 bits per heavy atom. The summed E-state index contributed by atoms with van der Waals surface area (Å²) in [5.74, 6) is -0.196. The summed E-state index contributed by atoms with van der Waals surface area (Å²) in [5.41, 5.74) is 1.85. The van der Waals surface area contributed by atoms with Gasteiger partial charge in [0.1, 0.15) is 0 Å². The van der Waals surface area contributed by atoms with Gasteiger partial charge in [-0.1, -0.05) is 26.8 Å². The molecule has 1 heterocycles. The highest BCUT2D eigenvalue weighted by molar-refractivity contribution is 5.73. The molecule has 0 aromatic carbocycles. The van der Waals surface area contributed by atoms with Crippen LogP contribution in [0.1, 0.15) is 45.9 Å². The second-order valence-corrected chi connectivity index (χ2v) is 5.48. The number of esters is 1. The van der Waals surface area contributed by atoms with Crippen LogP contribution >= 0.6 is 0 Å². The van der Waals surface area contributed by atoms with Crippen molar-refractivity contribution in [1.29, 1.82) is 0 Å². The van der Waals surface area contributed by atoms with Crippen LogP contribution in [0.3, 0.4) is 0 Å². The van der Waals surface area contributed by atoms with Crippen molar-refractivity contribution < 1.29 is 9.53 Å². The molecule has 0 radical (unpaired) electrons. The van der Waals surface area contributed by atoms with E-state index >= 15 is 0 Å². The van der Waals surface area contributed by atoms with Crippen LogP contribution in [-0.2, 0) is 21.4 Å².